The molecule has 0 saturated carbocycles. The molecule has 3 heteroatoms. The highest BCUT2D eigenvalue weighted by Crippen LogP contribution is 2.07. The molecule has 3 N–H and O–H groups in total. The second-order valence-corrected chi connectivity index (χ2v) is 2.67. The van der Waals surface area contributed by atoms with Crippen LogP contribution in [-0.2, 0) is 4.79 Å². The number of nitrogens with two attached hydrogens (primary N) is 1. The van der Waals surface area contributed by atoms with Gasteiger partial charge in [-0.1, -0.05) is 24.3 Å². The van der Waals surface area contributed by atoms with Gasteiger partial charge in [0.05, 0.1) is 6.42 Å². The van der Waals surface area contributed by atoms with Crippen molar-refractivity contribution in [2.24, 2.45) is 0 Å². The Kier molecular flexibility index (Phi) is 3.09. The maximum Gasteiger partial charge on any atom is 0.307 e. The molecular weight excluding hydrogens is 166 g/mol. The molecule has 0 amide bonds. The Morgan fingerprint density at radius 2 is 2.00 bits per heavy atom. The summed E-state index contributed by atoms with van der Waals surface area (Å²) in [6, 6.07) is 7.24. The third-order valence-electron chi connectivity index (χ3n) is 1.54. The number of hydrogen-bond donors (Lipinski definition) is 2. The molecule has 1 aromatic rings. The van der Waals surface area contributed by atoms with E-state index in [-0.39, 0.29) is 6.42 Å². The average Bonchev–Trinajstić information content (AvgIpc) is 2.08. The molecule has 0 fully saturated rings. The van der Waals surface area contributed by atoms with E-state index in [0.29, 0.717) is 5.69 Å². The molecule has 0 bridgehead atoms. The van der Waals surface area contributed by atoms with Gasteiger partial charge in [-0.3, -0.25) is 4.79 Å². The fourth-order valence-corrected chi connectivity index (χ4v) is 0.903. The summed E-state index contributed by atoms with van der Waals surface area (Å²) in [5.41, 5.74) is 7.14. The van der Waals surface area contributed by atoms with E-state index >= 15 is 0 Å². The lowest BCUT2D eigenvalue weighted by atomic mass is 10.2. The zero-order valence-electron chi connectivity index (χ0n) is 7.10. The van der Waals surface area contributed by atoms with Crippen molar-refractivity contribution in [2.75, 3.05) is 5.73 Å². The highest BCUT2D eigenvalue weighted by Gasteiger charge is 1.90. The van der Waals surface area contributed by atoms with Gasteiger partial charge >= 0.3 is 5.97 Å². The van der Waals surface area contributed by atoms with Crippen molar-refractivity contribution in [1.29, 1.82) is 0 Å². The first-order chi connectivity index (χ1) is 6.18. The first kappa shape index (κ1) is 9.32. The lowest BCUT2D eigenvalue weighted by Crippen LogP contribution is -1.89. The molecule has 0 heterocycles. The lowest BCUT2D eigenvalue weighted by molar-refractivity contribution is -0.135. The summed E-state index contributed by atoms with van der Waals surface area (Å²) in [5.74, 6) is -0.827. The zero-order valence-corrected chi connectivity index (χ0v) is 7.10. The second kappa shape index (κ2) is 4.30. The van der Waals surface area contributed by atoms with Gasteiger partial charge in [0.15, 0.2) is 0 Å². The Morgan fingerprint density at radius 3 is 2.54 bits per heavy atom. The van der Waals surface area contributed by atoms with Crippen molar-refractivity contribution < 1.29 is 9.90 Å². The molecule has 0 spiro atoms. The van der Waals surface area contributed by atoms with Crippen molar-refractivity contribution in [1.82, 2.24) is 0 Å². The topological polar surface area (TPSA) is 63.3 Å². The van der Waals surface area contributed by atoms with Gasteiger partial charge < -0.3 is 10.8 Å². The third kappa shape index (κ3) is 3.42. The second-order valence-electron chi connectivity index (χ2n) is 2.67. The Morgan fingerprint density at radius 1 is 1.38 bits per heavy atom. The van der Waals surface area contributed by atoms with Crippen LogP contribution in [0.5, 0.6) is 0 Å². The van der Waals surface area contributed by atoms with Gasteiger partial charge in [-0.05, 0) is 17.7 Å². The molecule has 1 rings (SSSR count). The zero-order chi connectivity index (χ0) is 9.68. The highest BCUT2D eigenvalue weighted by molar-refractivity contribution is 5.70. The monoisotopic (exact) mass is 177 g/mol. The largest absolute Gasteiger partial charge is 0.481 e. The molecule has 1 aromatic carbocycles. The van der Waals surface area contributed by atoms with E-state index in [1.54, 1.807) is 24.3 Å². The van der Waals surface area contributed by atoms with Crippen LogP contribution in [0.15, 0.2) is 30.3 Å². The van der Waals surface area contributed by atoms with Gasteiger partial charge in [0.2, 0.25) is 0 Å². The first-order valence-electron chi connectivity index (χ1n) is 3.92. The van der Waals surface area contributed by atoms with Crippen LogP contribution in [0.4, 0.5) is 5.69 Å². The molecule has 0 aliphatic heterocycles. The van der Waals surface area contributed by atoms with E-state index in [1.807, 2.05) is 12.1 Å². The van der Waals surface area contributed by atoms with Crippen LogP contribution < -0.4 is 5.73 Å². The minimum absolute atomic E-state index is 0.0460. The van der Waals surface area contributed by atoms with Crippen LogP contribution in [0.1, 0.15) is 12.0 Å². The van der Waals surface area contributed by atoms with Gasteiger partial charge in [0.1, 0.15) is 0 Å². The van der Waals surface area contributed by atoms with Crippen LogP contribution in [0.3, 0.4) is 0 Å². The van der Waals surface area contributed by atoms with Gasteiger partial charge in [-0.15, -0.1) is 0 Å². The molecule has 0 aromatic heterocycles. The summed E-state index contributed by atoms with van der Waals surface area (Å²) in [4.78, 5) is 10.2. The summed E-state index contributed by atoms with van der Waals surface area (Å²) in [6.07, 6.45) is 3.41. The molecule has 0 aliphatic carbocycles. The summed E-state index contributed by atoms with van der Waals surface area (Å²) in [5, 5.41) is 8.36. The van der Waals surface area contributed by atoms with Gasteiger partial charge in [-0.2, -0.15) is 0 Å². The number of carbonyl (C=O) groups is 1. The van der Waals surface area contributed by atoms with Gasteiger partial charge in [-0.25, -0.2) is 0 Å². The van der Waals surface area contributed by atoms with Crippen LogP contribution in [-0.4, -0.2) is 11.1 Å². The predicted molar refractivity (Wildman–Crippen MR) is 52.1 cm³/mol. The maximum absolute atomic E-state index is 10.2. The van der Waals surface area contributed by atoms with E-state index in [0.717, 1.165) is 5.56 Å². The molecule has 0 unspecified atom stereocenters. The number of benzene rings is 1. The van der Waals surface area contributed by atoms with Gasteiger partial charge in [0.25, 0.3) is 0 Å². The Bertz CT molecular complexity index is 314. The average molecular weight is 177 g/mol. The quantitative estimate of drug-likeness (QED) is 0.691. The first-order valence-corrected chi connectivity index (χ1v) is 3.92. The smallest absolute Gasteiger partial charge is 0.307 e. The Labute approximate surface area is 76.5 Å². The number of rotatable bonds is 3. The van der Waals surface area contributed by atoms with E-state index < -0.39 is 5.97 Å². The summed E-state index contributed by atoms with van der Waals surface area (Å²) in [6.45, 7) is 0. The van der Waals surface area contributed by atoms with E-state index in [2.05, 4.69) is 0 Å². The van der Waals surface area contributed by atoms with Crippen molar-refractivity contribution >= 4 is 17.7 Å². The minimum atomic E-state index is -0.827. The number of hydrogen-bond acceptors (Lipinski definition) is 2. The lowest BCUT2D eigenvalue weighted by Gasteiger charge is -1.93. The van der Waals surface area contributed by atoms with E-state index in [1.165, 1.54) is 0 Å². The van der Waals surface area contributed by atoms with E-state index in [9.17, 15) is 4.79 Å². The number of aliphatic carboxylic acids is 1. The van der Waals surface area contributed by atoms with Crippen LogP contribution in [0.25, 0.3) is 6.08 Å². The molecule has 0 saturated heterocycles. The number of anilines is 1. The number of carboxylic acid groups (broad SMARTS) is 1. The van der Waals surface area contributed by atoms with Gasteiger partial charge in [0, 0.05) is 5.69 Å². The normalized spacial score (nSPS) is 10.5. The SMILES string of the molecule is Nc1ccc(/C=C/CC(=O)O)cc1. The fourth-order valence-electron chi connectivity index (χ4n) is 0.903. The fraction of sp³-hybridized carbons (Fsp3) is 0.100. The third-order valence-corrected chi connectivity index (χ3v) is 1.54. The molecule has 0 radical (unpaired) electrons. The molecular formula is C10H11NO2. The van der Waals surface area contributed by atoms with Crippen molar-refractivity contribution in [3.8, 4) is 0 Å². The van der Waals surface area contributed by atoms with Crippen LogP contribution >= 0.6 is 0 Å². The molecule has 0 atom stereocenters. The van der Waals surface area contributed by atoms with Crippen LogP contribution in [0, 0.1) is 0 Å². The summed E-state index contributed by atoms with van der Waals surface area (Å²) in [7, 11) is 0. The molecule has 0 aliphatic rings. The van der Waals surface area contributed by atoms with Crippen molar-refractivity contribution in [3.63, 3.8) is 0 Å². The Balaban J connectivity index is 2.59. The van der Waals surface area contributed by atoms with E-state index in [4.69, 9.17) is 10.8 Å². The minimum Gasteiger partial charge on any atom is -0.481 e. The summed E-state index contributed by atoms with van der Waals surface area (Å²) >= 11 is 0. The number of carboxylic acids is 1. The van der Waals surface area contributed by atoms with Crippen molar-refractivity contribution in [3.05, 3.63) is 35.9 Å². The highest BCUT2D eigenvalue weighted by atomic mass is 16.4. The molecule has 68 valence electrons. The maximum atomic E-state index is 10.2. The van der Waals surface area contributed by atoms with Crippen molar-refractivity contribution in [2.45, 2.75) is 6.42 Å². The predicted octanol–water partition coefficient (Wildman–Crippen LogP) is 1.76. The standard InChI is InChI=1S/C10H11NO2/c11-9-6-4-8(5-7-9)2-1-3-10(12)13/h1-2,4-7H,3,11H2,(H,12,13)/b2-1+. The molecule has 13 heavy (non-hydrogen) atoms. The number of nitrogen functional groups attached to an aromatic ring is 1. The Hall–Kier alpha value is -1.77. The molecule has 3 nitrogen and oxygen atoms in total. The summed E-state index contributed by atoms with van der Waals surface area (Å²) < 4.78 is 0. The van der Waals surface area contributed by atoms with Crippen LogP contribution in [0.2, 0.25) is 0 Å².